The molecule has 1 rings (SSSR count). The Bertz CT molecular complexity index is 595. The van der Waals surface area contributed by atoms with Crippen molar-refractivity contribution in [2.75, 3.05) is 26.4 Å². The van der Waals surface area contributed by atoms with Crippen LogP contribution in [-0.2, 0) is 18.3 Å². The van der Waals surface area contributed by atoms with E-state index in [4.69, 9.17) is 18.3 Å². The fourth-order valence-corrected chi connectivity index (χ4v) is 4.86. The lowest BCUT2D eigenvalue weighted by atomic mass is 10.1. The Morgan fingerprint density at radius 1 is 1.04 bits per heavy atom. The molecule has 0 spiro atoms. The SMILES string of the molecule is C=CCOC(=O)c1ccccc1C(=O)OCCC[Si](C)(OCC)OCC. The van der Waals surface area contributed by atoms with Gasteiger partial charge in [-0.15, -0.1) is 0 Å². The van der Waals surface area contributed by atoms with E-state index in [1.165, 1.54) is 12.1 Å². The van der Waals surface area contributed by atoms with Gasteiger partial charge in [0, 0.05) is 13.2 Å². The monoisotopic (exact) mass is 380 g/mol. The summed E-state index contributed by atoms with van der Waals surface area (Å²) in [5.41, 5.74) is 0.374. The molecule has 26 heavy (non-hydrogen) atoms. The smallest absolute Gasteiger partial charge is 0.339 e. The van der Waals surface area contributed by atoms with Crippen molar-refractivity contribution < 1.29 is 27.9 Å². The molecule has 0 bridgehead atoms. The first kappa shape index (κ1) is 22.1. The van der Waals surface area contributed by atoms with Gasteiger partial charge in [0.15, 0.2) is 0 Å². The summed E-state index contributed by atoms with van der Waals surface area (Å²) in [5, 5.41) is 0. The summed E-state index contributed by atoms with van der Waals surface area (Å²) in [6.45, 7) is 10.9. The Balaban J connectivity index is 2.61. The highest BCUT2D eigenvalue weighted by Gasteiger charge is 2.30. The van der Waals surface area contributed by atoms with Crippen LogP contribution in [0.25, 0.3) is 0 Å². The van der Waals surface area contributed by atoms with E-state index >= 15 is 0 Å². The number of hydrogen-bond donors (Lipinski definition) is 0. The summed E-state index contributed by atoms with van der Waals surface area (Å²) >= 11 is 0. The second kappa shape index (κ2) is 11.6. The van der Waals surface area contributed by atoms with E-state index in [-0.39, 0.29) is 24.3 Å². The molecule has 7 heteroatoms. The number of esters is 2. The first-order valence-electron chi connectivity index (χ1n) is 8.79. The maximum Gasteiger partial charge on any atom is 0.339 e. The first-order valence-corrected chi connectivity index (χ1v) is 11.3. The molecule has 0 saturated heterocycles. The molecule has 0 aliphatic carbocycles. The third-order valence-corrected chi connectivity index (χ3v) is 6.67. The van der Waals surface area contributed by atoms with Crippen LogP contribution < -0.4 is 0 Å². The molecule has 6 nitrogen and oxygen atoms in total. The van der Waals surface area contributed by atoms with Crippen LogP contribution >= 0.6 is 0 Å². The van der Waals surface area contributed by atoms with Crippen molar-refractivity contribution >= 4 is 20.5 Å². The molecular formula is C19H28O6Si. The Hall–Kier alpha value is -1.96. The van der Waals surface area contributed by atoms with Gasteiger partial charge in [-0.25, -0.2) is 9.59 Å². The molecule has 0 fully saturated rings. The van der Waals surface area contributed by atoms with E-state index in [1.54, 1.807) is 18.2 Å². The van der Waals surface area contributed by atoms with Gasteiger partial charge in [0.2, 0.25) is 0 Å². The number of carbonyl (C=O) groups is 2. The number of ether oxygens (including phenoxy) is 2. The van der Waals surface area contributed by atoms with E-state index in [9.17, 15) is 9.59 Å². The number of carbonyl (C=O) groups excluding carboxylic acids is 2. The lowest BCUT2D eigenvalue weighted by molar-refractivity contribution is 0.0472. The van der Waals surface area contributed by atoms with Gasteiger partial charge in [0.05, 0.1) is 17.7 Å². The van der Waals surface area contributed by atoms with Crippen molar-refractivity contribution in [3.63, 3.8) is 0 Å². The summed E-state index contributed by atoms with van der Waals surface area (Å²) in [4.78, 5) is 24.3. The molecule has 0 saturated carbocycles. The van der Waals surface area contributed by atoms with Gasteiger partial charge in [0.1, 0.15) is 6.61 Å². The summed E-state index contributed by atoms with van der Waals surface area (Å²) in [7, 11) is -2.22. The van der Waals surface area contributed by atoms with Gasteiger partial charge in [-0.05, 0) is 45.0 Å². The predicted octanol–water partition coefficient (Wildman–Crippen LogP) is 3.72. The highest BCUT2D eigenvalue weighted by molar-refractivity contribution is 6.66. The van der Waals surface area contributed by atoms with E-state index in [0.29, 0.717) is 19.6 Å². The van der Waals surface area contributed by atoms with Gasteiger partial charge < -0.3 is 18.3 Å². The minimum atomic E-state index is -2.22. The number of rotatable bonds is 12. The molecule has 0 atom stereocenters. The quantitative estimate of drug-likeness (QED) is 0.238. The highest BCUT2D eigenvalue weighted by atomic mass is 28.4. The van der Waals surface area contributed by atoms with Gasteiger partial charge in [-0.2, -0.15) is 0 Å². The van der Waals surface area contributed by atoms with Crippen molar-refractivity contribution in [3.05, 3.63) is 48.0 Å². The van der Waals surface area contributed by atoms with Crippen LogP contribution in [0.1, 0.15) is 41.0 Å². The zero-order chi connectivity index (χ0) is 19.4. The molecule has 0 aliphatic rings. The van der Waals surface area contributed by atoms with Crippen LogP contribution in [0.15, 0.2) is 36.9 Å². The number of benzene rings is 1. The average molecular weight is 381 g/mol. The summed E-state index contributed by atoms with van der Waals surface area (Å²) in [6.07, 6.45) is 2.11. The standard InChI is InChI=1S/C19H28O6Si/c1-5-13-22-18(20)16-11-8-9-12-17(16)19(21)23-14-10-15-26(4,24-6-2)25-7-3/h5,8-9,11-12H,1,6-7,10,13-15H2,2-4H3. The maximum atomic E-state index is 12.3. The molecule has 0 aromatic heterocycles. The summed E-state index contributed by atoms with van der Waals surface area (Å²) < 4.78 is 21.8. The minimum absolute atomic E-state index is 0.0836. The third kappa shape index (κ3) is 7.11. The topological polar surface area (TPSA) is 71.1 Å². The first-order chi connectivity index (χ1) is 12.5. The van der Waals surface area contributed by atoms with E-state index in [1.807, 2.05) is 20.4 Å². The van der Waals surface area contributed by atoms with Crippen LogP contribution in [-0.4, -0.2) is 46.9 Å². The van der Waals surface area contributed by atoms with Crippen LogP contribution in [0.5, 0.6) is 0 Å². The molecule has 0 unspecified atom stereocenters. The Morgan fingerprint density at radius 3 is 2.08 bits per heavy atom. The molecule has 0 radical (unpaired) electrons. The molecule has 0 heterocycles. The van der Waals surface area contributed by atoms with Crippen molar-refractivity contribution in [2.24, 2.45) is 0 Å². The normalized spacial score (nSPS) is 11.0. The Morgan fingerprint density at radius 2 is 1.58 bits per heavy atom. The van der Waals surface area contributed by atoms with Gasteiger partial charge in [0.25, 0.3) is 0 Å². The second-order valence-electron chi connectivity index (χ2n) is 5.67. The molecule has 1 aromatic rings. The average Bonchev–Trinajstić information content (AvgIpc) is 2.63. The van der Waals surface area contributed by atoms with E-state index in [0.717, 1.165) is 6.04 Å². The molecule has 0 aliphatic heterocycles. The lowest BCUT2D eigenvalue weighted by Crippen LogP contribution is -2.38. The van der Waals surface area contributed by atoms with Crippen LogP contribution in [0.2, 0.25) is 12.6 Å². The lowest BCUT2D eigenvalue weighted by Gasteiger charge is -2.25. The second-order valence-corrected chi connectivity index (χ2v) is 9.02. The molecule has 0 amide bonds. The minimum Gasteiger partial charge on any atom is -0.462 e. The van der Waals surface area contributed by atoms with Crippen LogP contribution in [0.4, 0.5) is 0 Å². The largest absolute Gasteiger partial charge is 0.462 e. The molecular weight excluding hydrogens is 352 g/mol. The molecule has 144 valence electrons. The van der Waals surface area contributed by atoms with E-state index < -0.39 is 20.5 Å². The van der Waals surface area contributed by atoms with Crippen molar-refractivity contribution in [1.82, 2.24) is 0 Å². The Kier molecular flexibility index (Phi) is 9.86. The zero-order valence-electron chi connectivity index (χ0n) is 15.8. The summed E-state index contributed by atoms with van der Waals surface area (Å²) in [6, 6.07) is 7.16. The van der Waals surface area contributed by atoms with Gasteiger partial charge >= 0.3 is 20.5 Å². The predicted molar refractivity (Wildman–Crippen MR) is 101 cm³/mol. The van der Waals surface area contributed by atoms with Crippen molar-refractivity contribution in [3.8, 4) is 0 Å². The van der Waals surface area contributed by atoms with Crippen molar-refractivity contribution in [1.29, 1.82) is 0 Å². The van der Waals surface area contributed by atoms with E-state index in [2.05, 4.69) is 6.58 Å². The van der Waals surface area contributed by atoms with Gasteiger partial charge in [-0.3, -0.25) is 0 Å². The molecule has 1 aromatic carbocycles. The summed E-state index contributed by atoms with van der Waals surface area (Å²) in [5.74, 6) is -1.13. The van der Waals surface area contributed by atoms with Crippen molar-refractivity contribution in [2.45, 2.75) is 32.9 Å². The molecule has 0 N–H and O–H groups in total. The maximum absolute atomic E-state index is 12.3. The fourth-order valence-electron chi connectivity index (χ4n) is 2.48. The highest BCUT2D eigenvalue weighted by Crippen LogP contribution is 2.17. The van der Waals surface area contributed by atoms with Crippen LogP contribution in [0, 0.1) is 0 Å². The third-order valence-electron chi connectivity index (χ3n) is 3.61. The number of hydrogen-bond acceptors (Lipinski definition) is 6. The Labute approximate surface area is 156 Å². The zero-order valence-corrected chi connectivity index (χ0v) is 16.8. The van der Waals surface area contributed by atoms with Gasteiger partial charge in [-0.1, -0.05) is 24.8 Å². The van der Waals surface area contributed by atoms with Crippen LogP contribution in [0.3, 0.4) is 0 Å². The fraction of sp³-hybridized carbons (Fsp3) is 0.474.